The molecule has 0 atom stereocenters. The van der Waals surface area contributed by atoms with Gasteiger partial charge in [0.05, 0.1) is 12.4 Å². The molecule has 0 spiro atoms. The van der Waals surface area contributed by atoms with Gasteiger partial charge in [0.1, 0.15) is 0 Å². The van der Waals surface area contributed by atoms with Crippen molar-refractivity contribution >= 4 is 39.4 Å². The minimum Gasteiger partial charge on any atom is -0.159 e. The van der Waals surface area contributed by atoms with Crippen LogP contribution in [0.5, 0.6) is 0 Å². The maximum Gasteiger partial charge on any atom is 0.0582 e. The summed E-state index contributed by atoms with van der Waals surface area (Å²) in [5.74, 6) is 0. The van der Waals surface area contributed by atoms with Crippen molar-refractivity contribution < 1.29 is 0 Å². The number of hydrogen-bond donors (Lipinski definition) is 0. The lowest BCUT2D eigenvalue weighted by Gasteiger charge is -1.98. The van der Waals surface area contributed by atoms with E-state index in [-0.39, 0.29) is 0 Å². The van der Waals surface area contributed by atoms with E-state index in [0.29, 0.717) is 0 Å². The fourth-order valence-electron chi connectivity index (χ4n) is 2.72. The number of nitrogens with zero attached hydrogens (tertiary/aromatic N) is 2. The molecule has 0 radical (unpaired) electrons. The van der Waals surface area contributed by atoms with Gasteiger partial charge in [-0.1, -0.05) is 48.5 Å². The molecule has 3 aromatic rings. The number of hydrogen-bond acceptors (Lipinski definition) is 3. The highest BCUT2D eigenvalue weighted by atomic mass is 32.1. The third-order valence-corrected chi connectivity index (χ3v) is 4.82. The summed E-state index contributed by atoms with van der Waals surface area (Å²) in [6, 6.07) is 16.8. The van der Waals surface area contributed by atoms with Gasteiger partial charge in [0.2, 0.25) is 0 Å². The molecule has 106 valence electrons. The highest BCUT2D eigenvalue weighted by Gasteiger charge is 2.10. The first kappa shape index (κ1) is 13.2. The molecule has 0 saturated carbocycles. The lowest BCUT2D eigenvalue weighted by Crippen LogP contribution is -1.84. The Hall–Kier alpha value is -2.52. The molecule has 1 aromatic heterocycles. The van der Waals surface area contributed by atoms with Gasteiger partial charge in [-0.05, 0) is 29.2 Å². The topological polar surface area (TPSA) is 24.7 Å². The van der Waals surface area contributed by atoms with Gasteiger partial charge in [0.25, 0.3) is 0 Å². The second kappa shape index (κ2) is 5.70. The Morgan fingerprint density at radius 2 is 1.73 bits per heavy atom. The number of allylic oxidation sites excluding steroid dienone is 2. The summed E-state index contributed by atoms with van der Waals surface area (Å²) in [5.41, 5.74) is 4.90. The average Bonchev–Trinajstić information content (AvgIpc) is 3.16. The molecule has 0 saturated heterocycles. The number of benzene rings is 2. The summed E-state index contributed by atoms with van der Waals surface area (Å²) in [5, 5.41) is 11.8. The van der Waals surface area contributed by atoms with Gasteiger partial charge in [-0.2, -0.15) is 10.2 Å². The molecule has 1 aliphatic carbocycles. The van der Waals surface area contributed by atoms with Crippen molar-refractivity contribution in [1.29, 1.82) is 0 Å². The van der Waals surface area contributed by atoms with Crippen molar-refractivity contribution in [2.75, 3.05) is 0 Å². The van der Waals surface area contributed by atoms with Crippen LogP contribution in [0.15, 0.2) is 70.2 Å². The molecule has 2 aromatic carbocycles. The van der Waals surface area contributed by atoms with E-state index < -0.39 is 0 Å². The van der Waals surface area contributed by atoms with Crippen molar-refractivity contribution in [2.45, 2.75) is 6.42 Å². The normalized spacial score (nSPS) is 14.1. The molecule has 0 aliphatic heterocycles. The molecule has 0 amide bonds. The van der Waals surface area contributed by atoms with E-state index in [1.165, 1.54) is 21.2 Å². The van der Waals surface area contributed by atoms with Crippen molar-refractivity contribution in [3.63, 3.8) is 0 Å². The highest BCUT2D eigenvalue weighted by Crippen LogP contribution is 2.26. The molecule has 0 unspecified atom stereocenters. The van der Waals surface area contributed by atoms with Crippen molar-refractivity contribution in [3.05, 3.63) is 76.7 Å². The fraction of sp³-hybridized carbons (Fsp3) is 0.0526. The minimum absolute atomic E-state index is 0.983. The van der Waals surface area contributed by atoms with Gasteiger partial charge in [-0.15, -0.1) is 11.3 Å². The van der Waals surface area contributed by atoms with Crippen molar-refractivity contribution in [1.82, 2.24) is 0 Å². The van der Waals surface area contributed by atoms with Gasteiger partial charge in [-0.3, -0.25) is 0 Å². The summed E-state index contributed by atoms with van der Waals surface area (Å²) in [7, 11) is 0. The van der Waals surface area contributed by atoms with Gasteiger partial charge < -0.3 is 0 Å². The summed E-state index contributed by atoms with van der Waals surface area (Å²) in [6.07, 6.45) is 6.85. The standard InChI is InChI=1S/C19H14N2S/c1-2-6-17-14(5-1)9-10-15(17)11-20-21-12-16-13-22-19-8-4-3-7-18(16)19/h1-8,10-13H,9H2/b20-11+,21-12+. The second-order valence-corrected chi connectivity index (χ2v) is 6.11. The molecule has 22 heavy (non-hydrogen) atoms. The fourth-order valence-corrected chi connectivity index (χ4v) is 3.63. The lowest BCUT2D eigenvalue weighted by atomic mass is 10.1. The zero-order valence-corrected chi connectivity index (χ0v) is 12.8. The molecular formula is C19H14N2S. The smallest absolute Gasteiger partial charge is 0.0582 e. The van der Waals surface area contributed by atoms with Crippen LogP contribution in [0.2, 0.25) is 0 Å². The van der Waals surface area contributed by atoms with E-state index in [2.05, 4.69) is 70.2 Å². The van der Waals surface area contributed by atoms with Gasteiger partial charge in [0.15, 0.2) is 0 Å². The van der Waals surface area contributed by atoms with Crippen LogP contribution >= 0.6 is 11.3 Å². The first-order valence-corrected chi connectivity index (χ1v) is 8.11. The van der Waals surface area contributed by atoms with Crippen LogP contribution in [-0.4, -0.2) is 12.4 Å². The second-order valence-electron chi connectivity index (χ2n) is 5.20. The molecular weight excluding hydrogens is 288 g/mol. The van der Waals surface area contributed by atoms with Crippen LogP contribution in [0.4, 0.5) is 0 Å². The van der Waals surface area contributed by atoms with Crippen LogP contribution in [-0.2, 0) is 6.42 Å². The third kappa shape index (κ3) is 2.40. The summed E-state index contributed by atoms with van der Waals surface area (Å²) in [4.78, 5) is 0. The highest BCUT2D eigenvalue weighted by molar-refractivity contribution is 7.17. The van der Waals surface area contributed by atoms with Crippen LogP contribution in [0.25, 0.3) is 15.7 Å². The summed E-state index contributed by atoms with van der Waals surface area (Å²) >= 11 is 1.73. The number of rotatable bonds is 3. The monoisotopic (exact) mass is 302 g/mol. The van der Waals surface area contributed by atoms with Crippen LogP contribution < -0.4 is 0 Å². The van der Waals surface area contributed by atoms with Crippen LogP contribution in [0.1, 0.15) is 16.7 Å². The summed E-state index contributed by atoms with van der Waals surface area (Å²) in [6.45, 7) is 0. The van der Waals surface area contributed by atoms with Gasteiger partial charge in [0, 0.05) is 21.0 Å². The zero-order chi connectivity index (χ0) is 14.8. The lowest BCUT2D eigenvalue weighted by molar-refractivity contribution is 1.27. The van der Waals surface area contributed by atoms with E-state index >= 15 is 0 Å². The third-order valence-electron chi connectivity index (χ3n) is 3.84. The van der Waals surface area contributed by atoms with E-state index in [0.717, 1.165) is 17.6 Å². The average molecular weight is 302 g/mol. The van der Waals surface area contributed by atoms with E-state index in [4.69, 9.17) is 0 Å². The SMILES string of the molecule is C1=C(/C=N/N=C/c2csc3ccccc23)c2ccccc2C1. The molecule has 4 rings (SSSR count). The Morgan fingerprint density at radius 1 is 0.909 bits per heavy atom. The number of fused-ring (bicyclic) bond motifs is 2. The Labute approximate surface area is 133 Å². The molecule has 1 heterocycles. The van der Waals surface area contributed by atoms with E-state index in [1.807, 2.05) is 12.4 Å². The van der Waals surface area contributed by atoms with Crippen LogP contribution in [0.3, 0.4) is 0 Å². The first-order chi connectivity index (χ1) is 10.9. The minimum atomic E-state index is 0.983. The molecule has 0 fully saturated rings. The predicted octanol–water partition coefficient (Wildman–Crippen LogP) is 4.95. The van der Waals surface area contributed by atoms with Crippen molar-refractivity contribution in [2.24, 2.45) is 10.2 Å². The largest absolute Gasteiger partial charge is 0.159 e. The van der Waals surface area contributed by atoms with E-state index in [1.54, 1.807) is 11.3 Å². The molecule has 2 nitrogen and oxygen atoms in total. The van der Waals surface area contributed by atoms with E-state index in [9.17, 15) is 0 Å². The molecule has 1 aliphatic rings. The maximum atomic E-state index is 4.21. The zero-order valence-electron chi connectivity index (χ0n) is 11.9. The quantitative estimate of drug-likeness (QED) is 0.483. The van der Waals surface area contributed by atoms with Crippen molar-refractivity contribution in [3.8, 4) is 0 Å². The molecule has 0 N–H and O–H groups in total. The predicted molar refractivity (Wildman–Crippen MR) is 96.0 cm³/mol. The Balaban J connectivity index is 1.53. The van der Waals surface area contributed by atoms with Gasteiger partial charge in [-0.25, -0.2) is 0 Å². The van der Waals surface area contributed by atoms with Gasteiger partial charge >= 0.3 is 0 Å². The summed E-state index contributed by atoms with van der Waals surface area (Å²) < 4.78 is 1.28. The molecule has 0 bridgehead atoms. The Morgan fingerprint density at radius 3 is 2.73 bits per heavy atom. The molecule has 3 heteroatoms. The Kier molecular flexibility index (Phi) is 3.41. The van der Waals surface area contributed by atoms with Crippen LogP contribution in [0, 0.1) is 0 Å². The number of thiophene rings is 1. The first-order valence-electron chi connectivity index (χ1n) is 7.23. The maximum absolute atomic E-state index is 4.21. The Bertz CT molecular complexity index is 916.